The van der Waals surface area contributed by atoms with Gasteiger partial charge in [-0.15, -0.1) is 0 Å². The number of phenols is 1. The summed E-state index contributed by atoms with van der Waals surface area (Å²) in [7, 11) is 1.53. The van der Waals surface area contributed by atoms with Gasteiger partial charge in [-0.3, -0.25) is 9.59 Å². The minimum absolute atomic E-state index is 0.0771. The third kappa shape index (κ3) is 4.95. The summed E-state index contributed by atoms with van der Waals surface area (Å²) in [6, 6.07) is 6.08. The van der Waals surface area contributed by atoms with Gasteiger partial charge in [-0.05, 0) is 61.6 Å². The van der Waals surface area contributed by atoms with Crippen molar-refractivity contribution in [1.29, 1.82) is 0 Å². The van der Waals surface area contributed by atoms with E-state index in [-0.39, 0.29) is 11.3 Å². The number of carbonyl (C=O) groups is 3. The standard InChI is InChI=1S/C22H24N2O7/c1-12-10-17(24-21(27)22(28)29)14-4-3-5-15(14)19(12)31-13-6-7-18(25)16(11-13)20(26)23-8-9-30-2/h6-7,10-11,25H,3-5,8-9H2,1-2H3,(H,23,26)(H,24,27)(H,28,29). The number of aliphatic carboxylic acids is 1. The smallest absolute Gasteiger partial charge is 0.394 e. The molecule has 0 aliphatic heterocycles. The molecular formula is C22H24N2O7. The number of nitrogens with one attached hydrogen (secondary N) is 2. The highest BCUT2D eigenvalue weighted by atomic mass is 16.5. The summed E-state index contributed by atoms with van der Waals surface area (Å²) < 4.78 is 11.0. The molecule has 0 saturated carbocycles. The Morgan fingerprint density at radius 3 is 2.58 bits per heavy atom. The Labute approximate surface area is 179 Å². The molecule has 9 nitrogen and oxygen atoms in total. The maximum absolute atomic E-state index is 12.3. The molecule has 0 fully saturated rings. The van der Waals surface area contributed by atoms with Gasteiger partial charge in [0, 0.05) is 24.9 Å². The lowest BCUT2D eigenvalue weighted by Gasteiger charge is -2.18. The summed E-state index contributed by atoms with van der Waals surface area (Å²) in [6.45, 7) is 2.44. The molecule has 0 atom stereocenters. The van der Waals surface area contributed by atoms with E-state index >= 15 is 0 Å². The average molecular weight is 428 g/mol. The van der Waals surface area contributed by atoms with Crippen LogP contribution in [0.2, 0.25) is 0 Å². The number of carboxylic acids is 1. The van der Waals surface area contributed by atoms with E-state index in [0.717, 1.165) is 17.5 Å². The van der Waals surface area contributed by atoms with Crippen molar-refractivity contribution in [3.63, 3.8) is 0 Å². The van der Waals surface area contributed by atoms with Crippen LogP contribution >= 0.6 is 0 Å². The number of aromatic hydroxyl groups is 1. The van der Waals surface area contributed by atoms with Crippen molar-refractivity contribution in [3.8, 4) is 17.2 Å². The fourth-order valence-corrected chi connectivity index (χ4v) is 3.57. The van der Waals surface area contributed by atoms with Gasteiger partial charge in [-0.2, -0.15) is 0 Å². The summed E-state index contributed by atoms with van der Waals surface area (Å²) in [6.07, 6.45) is 2.24. The summed E-state index contributed by atoms with van der Waals surface area (Å²) in [4.78, 5) is 34.8. The molecule has 1 aliphatic carbocycles. The Kier molecular flexibility index (Phi) is 6.76. The van der Waals surface area contributed by atoms with Crippen LogP contribution in [0.1, 0.15) is 33.5 Å². The molecule has 1 aliphatic rings. The van der Waals surface area contributed by atoms with Crippen molar-refractivity contribution in [2.24, 2.45) is 0 Å². The molecule has 2 aromatic rings. The van der Waals surface area contributed by atoms with Crippen molar-refractivity contribution in [1.82, 2.24) is 5.32 Å². The normalized spacial score (nSPS) is 12.2. The fraction of sp³-hybridized carbons (Fsp3) is 0.318. The number of carboxylic acid groups (broad SMARTS) is 1. The maximum atomic E-state index is 12.3. The number of carbonyl (C=O) groups excluding carboxylic acids is 2. The second-order valence-corrected chi connectivity index (χ2v) is 7.17. The van der Waals surface area contributed by atoms with Crippen LogP contribution in [-0.2, 0) is 27.2 Å². The molecule has 0 heterocycles. The summed E-state index contributed by atoms with van der Waals surface area (Å²) in [5, 5.41) is 24.0. The van der Waals surface area contributed by atoms with E-state index in [2.05, 4.69) is 10.6 Å². The van der Waals surface area contributed by atoms with E-state index in [1.807, 2.05) is 0 Å². The second kappa shape index (κ2) is 9.48. The number of hydrogen-bond donors (Lipinski definition) is 4. The van der Waals surface area contributed by atoms with E-state index in [1.54, 1.807) is 19.1 Å². The number of ether oxygens (including phenoxy) is 2. The quantitative estimate of drug-likeness (QED) is 0.393. The van der Waals surface area contributed by atoms with Gasteiger partial charge in [0.1, 0.15) is 17.2 Å². The first-order chi connectivity index (χ1) is 14.8. The van der Waals surface area contributed by atoms with Crippen LogP contribution in [-0.4, -0.2) is 48.3 Å². The molecule has 3 rings (SSSR count). The van der Waals surface area contributed by atoms with Gasteiger partial charge in [0.2, 0.25) is 0 Å². The number of aryl methyl sites for hydroxylation is 1. The zero-order valence-corrected chi connectivity index (χ0v) is 17.3. The summed E-state index contributed by atoms with van der Waals surface area (Å²) in [5.41, 5.74) is 2.98. The molecule has 0 aromatic heterocycles. The van der Waals surface area contributed by atoms with E-state index in [4.69, 9.17) is 14.6 Å². The molecule has 4 N–H and O–H groups in total. The van der Waals surface area contributed by atoms with Gasteiger partial charge in [-0.25, -0.2) is 4.79 Å². The first-order valence-corrected chi connectivity index (χ1v) is 9.79. The van der Waals surface area contributed by atoms with Crippen LogP contribution < -0.4 is 15.4 Å². The Morgan fingerprint density at radius 1 is 1.13 bits per heavy atom. The van der Waals surface area contributed by atoms with Gasteiger partial charge in [0.05, 0.1) is 12.2 Å². The van der Waals surface area contributed by atoms with Crippen LogP contribution in [0.3, 0.4) is 0 Å². The van der Waals surface area contributed by atoms with E-state index in [1.165, 1.54) is 19.2 Å². The maximum Gasteiger partial charge on any atom is 0.394 e. The van der Waals surface area contributed by atoms with E-state index in [0.29, 0.717) is 48.7 Å². The van der Waals surface area contributed by atoms with Crippen molar-refractivity contribution >= 4 is 23.5 Å². The first-order valence-electron chi connectivity index (χ1n) is 9.79. The minimum Gasteiger partial charge on any atom is -0.507 e. The third-order valence-electron chi connectivity index (χ3n) is 5.00. The van der Waals surface area contributed by atoms with Gasteiger partial charge in [0.25, 0.3) is 5.91 Å². The number of hydrogen-bond acceptors (Lipinski definition) is 6. The van der Waals surface area contributed by atoms with Crippen molar-refractivity contribution in [2.75, 3.05) is 25.6 Å². The Balaban J connectivity index is 1.89. The monoisotopic (exact) mass is 428 g/mol. The van der Waals surface area contributed by atoms with Crippen LogP contribution in [0.15, 0.2) is 24.3 Å². The zero-order valence-electron chi connectivity index (χ0n) is 17.3. The summed E-state index contributed by atoms with van der Waals surface area (Å²) >= 11 is 0. The number of methoxy groups -OCH3 is 1. The Hall–Kier alpha value is -3.59. The number of rotatable bonds is 7. The number of anilines is 1. The predicted molar refractivity (Wildman–Crippen MR) is 112 cm³/mol. The van der Waals surface area contributed by atoms with E-state index in [9.17, 15) is 19.5 Å². The van der Waals surface area contributed by atoms with Gasteiger partial charge in [-0.1, -0.05) is 0 Å². The summed E-state index contributed by atoms with van der Waals surface area (Å²) in [5.74, 6) is -2.30. The van der Waals surface area contributed by atoms with Crippen LogP contribution in [0.5, 0.6) is 17.2 Å². The Bertz CT molecular complexity index is 1030. The number of fused-ring (bicyclic) bond motifs is 1. The SMILES string of the molecule is COCCNC(=O)c1cc(Oc2c(C)cc(NC(=O)C(=O)O)c3c2CCC3)ccc1O. The van der Waals surface area contributed by atoms with Crippen LogP contribution in [0.25, 0.3) is 0 Å². The first kappa shape index (κ1) is 22.1. The van der Waals surface area contributed by atoms with Crippen LogP contribution in [0.4, 0.5) is 5.69 Å². The molecule has 2 amide bonds. The molecule has 164 valence electrons. The molecule has 0 unspecified atom stereocenters. The molecule has 31 heavy (non-hydrogen) atoms. The van der Waals surface area contributed by atoms with E-state index < -0.39 is 17.8 Å². The molecule has 0 spiro atoms. The number of phenolic OH excluding ortho intramolecular Hbond substituents is 1. The fourth-order valence-electron chi connectivity index (χ4n) is 3.57. The second-order valence-electron chi connectivity index (χ2n) is 7.17. The molecule has 0 saturated heterocycles. The zero-order chi connectivity index (χ0) is 22.5. The molecule has 2 aromatic carbocycles. The molecule has 9 heteroatoms. The molecule has 0 radical (unpaired) electrons. The topological polar surface area (TPSA) is 134 Å². The van der Waals surface area contributed by atoms with Crippen molar-refractivity contribution in [2.45, 2.75) is 26.2 Å². The lowest BCUT2D eigenvalue weighted by Crippen LogP contribution is -2.27. The third-order valence-corrected chi connectivity index (χ3v) is 5.00. The van der Waals surface area contributed by atoms with Gasteiger partial charge in [0.15, 0.2) is 0 Å². The Morgan fingerprint density at radius 2 is 1.87 bits per heavy atom. The van der Waals surface area contributed by atoms with Gasteiger partial charge >= 0.3 is 11.9 Å². The van der Waals surface area contributed by atoms with Crippen LogP contribution in [0, 0.1) is 6.92 Å². The van der Waals surface area contributed by atoms with Crippen molar-refractivity contribution < 1.29 is 34.1 Å². The van der Waals surface area contributed by atoms with Crippen molar-refractivity contribution in [3.05, 3.63) is 46.5 Å². The highest BCUT2D eigenvalue weighted by molar-refractivity contribution is 6.36. The average Bonchev–Trinajstić information content (AvgIpc) is 3.22. The molecular weight excluding hydrogens is 404 g/mol. The lowest BCUT2D eigenvalue weighted by atomic mass is 10.0. The lowest BCUT2D eigenvalue weighted by molar-refractivity contribution is -0.147. The predicted octanol–water partition coefficient (Wildman–Crippen LogP) is 2.38. The number of benzene rings is 2. The highest BCUT2D eigenvalue weighted by Crippen LogP contribution is 2.41. The number of amides is 2. The largest absolute Gasteiger partial charge is 0.507 e. The minimum atomic E-state index is -1.55. The van der Waals surface area contributed by atoms with Gasteiger partial charge < -0.3 is 30.3 Å². The highest BCUT2D eigenvalue weighted by Gasteiger charge is 2.25. The molecule has 0 bridgehead atoms.